The van der Waals surface area contributed by atoms with Crippen molar-refractivity contribution in [1.82, 2.24) is 19.5 Å². The predicted molar refractivity (Wildman–Crippen MR) is 111 cm³/mol. The average Bonchev–Trinajstić information content (AvgIpc) is 3.36. The summed E-state index contributed by atoms with van der Waals surface area (Å²) < 4.78 is 29.0. The number of nitrogens with two attached hydrogens (primary N) is 1. The number of para-hydroxylation sites is 1. The van der Waals surface area contributed by atoms with Crippen molar-refractivity contribution in [3.8, 4) is 0 Å². The molecule has 3 atom stereocenters. The molecule has 4 rings (SSSR count). The number of benzene rings is 1. The number of rotatable bonds is 7. The Balaban J connectivity index is 1.59. The van der Waals surface area contributed by atoms with Crippen LogP contribution in [0.3, 0.4) is 0 Å². The number of ether oxygens (including phenoxy) is 2. The van der Waals surface area contributed by atoms with E-state index in [1.54, 1.807) is 35.9 Å². The molecule has 0 saturated carbocycles. The van der Waals surface area contributed by atoms with Crippen LogP contribution in [0.1, 0.15) is 23.0 Å². The highest BCUT2D eigenvalue weighted by atomic mass is 31.2. The lowest BCUT2D eigenvalue weighted by Crippen LogP contribution is -2.31. The smallest absolute Gasteiger partial charge is 0.456 e. The van der Waals surface area contributed by atoms with Gasteiger partial charge in [-0.3, -0.25) is 9.09 Å². The van der Waals surface area contributed by atoms with E-state index >= 15 is 0 Å². The molecular weight excluding hydrogens is 443 g/mol. The molecule has 1 aliphatic rings. The van der Waals surface area contributed by atoms with Crippen LogP contribution < -0.4 is 11.1 Å². The number of carbonyl (C=O) groups excluding carboxylic acids is 1. The van der Waals surface area contributed by atoms with Gasteiger partial charge in [-0.15, -0.1) is 0 Å². The molecule has 1 saturated heterocycles. The zero-order valence-electron chi connectivity index (χ0n) is 16.9. The molecule has 2 aromatic heterocycles. The first-order chi connectivity index (χ1) is 15.3. The minimum atomic E-state index is -4.76. The van der Waals surface area contributed by atoms with Crippen molar-refractivity contribution >= 4 is 36.5 Å². The SMILES string of the molecule is CNc1ccccc1C(=O)OC1CC(n2cnc3c(N)ncnc32)OC1COP(=O)(O)O. The van der Waals surface area contributed by atoms with Gasteiger partial charge in [0.2, 0.25) is 0 Å². The number of hydrogen-bond donors (Lipinski definition) is 4. The highest BCUT2D eigenvalue weighted by Gasteiger charge is 2.41. The fourth-order valence-electron chi connectivity index (χ4n) is 3.48. The van der Waals surface area contributed by atoms with Crippen molar-refractivity contribution < 1.29 is 33.1 Å². The number of phosphoric ester groups is 1. The van der Waals surface area contributed by atoms with Gasteiger partial charge in [-0.05, 0) is 12.1 Å². The van der Waals surface area contributed by atoms with Gasteiger partial charge in [-0.1, -0.05) is 12.1 Å². The Morgan fingerprint density at radius 1 is 1.34 bits per heavy atom. The molecule has 0 radical (unpaired) electrons. The highest BCUT2D eigenvalue weighted by Crippen LogP contribution is 2.39. The number of phosphoric acid groups is 1. The normalized spacial score (nSPS) is 21.0. The average molecular weight is 464 g/mol. The third kappa shape index (κ3) is 4.56. The van der Waals surface area contributed by atoms with E-state index < -0.39 is 38.8 Å². The van der Waals surface area contributed by atoms with Gasteiger partial charge in [0.05, 0.1) is 18.5 Å². The molecule has 32 heavy (non-hydrogen) atoms. The second kappa shape index (κ2) is 8.81. The number of hydrogen-bond acceptors (Lipinski definition) is 10. The predicted octanol–water partition coefficient (Wildman–Crippen LogP) is 1.07. The van der Waals surface area contributed by atoms with Gasteiger partial charge in [0, 0.05) is 19.2 Å². The van der Waals surface area contributed by atoms with E-state index in [-0.39, 0.29) is 12.2 Å². The van der Waals surface area contributed by atoms with Crippen LogP contribution in [-0.4, -0.2) is 61.1 Å². The van der Waals surface area contributed by atoms with Crippen molar-refractivity contribution in [3.05, 3.63) is 42.5 Å². The Hall–Kier alpha value is -3.09. The molecule has 3 heterocycles. The lowest BCUT2D eigenvalue weighted by Gasteiger charge is -2.19. The Morgan fingerprint density at radius 3 is 2.88 bits per heavy atom. The number of nitrogens with zero attached hydrogens (tertiary/aromatic N) is 4. The molecule has 14 heteroatoms. The maximum Gasteiger partial charge on any atom is 0.469 e. The first-order valence-electron chi connectivity index (χ1n) is 9.53. The lowest BCUT2D eigenvalue weighted by atomic mass is 10.1. The summed E-state index contributed by atoms with van der Waals surface area (Å²) in [7, 11) is -3.09. The Labute approximate surface area is 181 Å². The van der Waals surface area contributed by atoms with Crippen LogP contribution in [0.15, 0.2) is 36.9 Å². The van der Waals surface area contributed by atoms with Gasteiger partial charge in [0.15, 0.2) is 11.5 Å². The number of carbonyl (C=O) groups is 1. The molecule has 1 aromatic carbocycles. The molecule has 0 aliphatic carbocycles. The van der Waals surface area contributed by atoms with E-state index in [2.05, 4.69) is 24.8 Å². The van der Waals surface area contributed by atoms with E-state index in [0.717, 1.165) is 0 Å². The van der Waals surface area contributed by atoms with Crippen molar-refractivity contribution in [2.75, 3.05) is 24.7 Å². The van der Waals surface area contributed by atoms with Crippen molar-refractivity contribution in [1.29, 1.82) is 0 Å². The quantitative estimate of drug-likeness (QED) is 0.288. The van der Waals surface area contributed by atoms with Gasteiger partial charge >= 0.3 is 13.8 Å². The van der Waals surface area contributed by atoms with E-state index in [4.69, 9.17) is 25.0 Å². The third-order valence-corrected chi connectivity index (χ3v) is 5.44. The first-order valence-corrected chi connectivity index (χ1v) is 11.1. The Kier molecular flexibility index (Phi) is 6.09. The maximum absolute atomic E-state index is 12.8. The number of anilines is 2. The van der Waals surface area contributed by atoms with Crippen LogP contribution in [0.5, 0.6) is 0 Å². The highest BCUT2D eigenvalue weighted by molar-refractivity contribution is 7.46. The molecule has 5 N–H and O–H groups in total. The summed E-state index contributed by atoms with van der Waals surface area (Å²) in [4.78, 5) is 43.2. The van der Waals surface area contributed by atoms with Gasteiger partial charge in [0.1, 0.15) is 30.3 Å². The van der Waals surface area contributed by atoms with Crippen molar-refractivity contribution in [2.24, 2.45) is 0 Å². The number of esters is 1. The fraction of sp³-hybridized carbons (Fsp3) is 0.333. The van der Waals surface area contributed by atoms with Crippen LogP contribution >= 0.6 is 7.82 Å². The fourth-order valence-corrected chi connectivity index (χ4v) is 3.82. The molecule has 3 aromatic rings. The molecule has 0 amide bonds. The second-order valence-corrected chi connectivity index (χ2v) is 8.21. The van der Waals surface area contributed by atoms with Crippen molar-refractivity contribution in [2.45, 2.75) is 24.9 Å². The number of nitrogens with one attached hydrogen (secondary N) is 1. The number of fused-ring (bicyclic) bond motifs is 1. The summed E-state index contributed by atoms with van der Waals surface area (Å²) >= 11 is 0. The molecule has 0 bridgehead atoms. The van der Waals surface area contributed by atoms with E-state index in [1.807, 2.05) is 0 Å². The zero-order valence-corrected chi connectivity index (χ0v) is 17.8. The molecule has 1 aliphatic heterocycles. The molecule has 1 fully saturated rings. The summed E-state index contributed by atoms with van der Waals surface area (Å²) in [5.41, 5.74) is 7.49. The molecular formula is C18H21N6O7P. The summed E-state index contributed by atoms with van der Waals surface area (Å²) in [5, 5.41) is 2.92. The van der Waals surface area contributed by atoms with Crippen LogP contribution in [0.25, 0.3) is 11.2 Å². The zero-order chi connectivity index (χ0) is 22.9. The lowest BCUT2D eigenvalue weighted by molar-refractivity contribution is -0.0490. The maximum atomic E-state index is 12.8. The summed E-state index contributed by atoms with van der Waals surface area (Å²) in [6, 6.07) is 6.79. The second-order valence-electron chi connectivity index (χ2n) is 6.97. The molecule has 0 spiro atoms. The van der Waals surface area contributed by atoms with Crippen LogP contribution in [0.4, 0.5) is 11.5 Å². The molecule has 3 unspecified atom stereocenters. The number of imidazole rings is 1. The van der Waals surface area contributed by atoms with E-state index in [9.17, 15) is 9.36 Å². The van der Waals surface area contributed by atoms with Gasteiger partial charge in [-0.2, -0.15) is 0 Å². The number of aromatic nitrogens is 4. The monoisotopic (exact) mass is 464 g/mol. The van der Waals surface area contributed by atoms with Crippen LogP contribution in [0.2, 0.25) is 0 Å². The minimum Gasteiger partial charge on any atom is -0.456 e. The topological polar surface area (TPSA) is 184 Å². The minimum absolute atomic E-state index is 0.165. The van der Waals surface area contributed by atoms with E-state index in [1.165, 1.54) is 12.7 Å². The standard InChI is InChI=1S/C18H21N6O7P/c1-20-11-5-3-2-4-10(11)18(25)31-12-6-14(30-13(12)7-29-32(26,27)28)24-9-23-15-16(19)21-8-22-17(15)24/h2-5,8-9,12-14,20H,6-7H2,1H3,(H2,19,21,22)(H2,26,27,28). The Morgan fingerprint density at radius 2 is 2.12 bits per heavy atom. The van der Waals surface area contributed by atoms with Crippen LogP contribution in [-0.2, 0) is 18.6 Å². The largest absolute Gasteiger partial charge is 0.469 e. The molecule has 13 nitrogen and oxygen atoms in total. The number of nitrogen functional groups attached to an aromatic ring is 1. The summed E-state index contributed by atoms with van der Waals surface area (Å²) in [5.74, 6) is -0.424. The van der Waals surface area contributed by atoms with Gasteiger partial charge in [0.25, 0.3) is 0 Å². The van der Waals surface area contributed by atoms with Gasteiger partial charge in [-0.25, -0.2) is 24.3 Å². The summed E-state index contributed by atoms with van der Waals surface area (Å²) in [6.07, 6.45) is 0.401. The van der Waals surface area contributed by atoms with E-state index in [0.29, 0.717) is 22.4 Å². The van der Waals surface area contributed by atoms with Crippen LogP contribution in [0, 0.1) is 0 Å². The third-order valence-electron chi connectivity index (χ3n) is 4.96. The summed E-state index contributed by atoms with van der Waals surface area (Å²) in [6.45, 7) is -0.490. The van der Waals surface area contributed by atoms with Crippen molar-refractivity contribution in [3.63, 3.8) is 0 Å². The van der Waals surface area contributed by atoms with Gasteiger partial charge < -0.3 is 30.3 Å². The first kappa shape index (κ1) is 22.1. The molecule has 170 valence electrons. The Bertz CT molecular complexity index is 1180.